The van der Waals surface area contributed by atoms with Gasteiger partial charge in [0, 0.05) is 64.4 Å². The molecule has 3 aliphatic rings. The van der Waals surface area contributed by atoms with Gasteiger partial charge in [0.15, 0.2) is 0 Å². The van der Waals surface area contributed by atoms with E-state index in [-0.39, 0.29) is 23.8 Å². The predicted octanol–water partition coefficient (Wildman–Crippen LogP) is 1.25. The zero-order valence-corrected chi connectivity index (χ0v) is 17.9. The smallest absolute Gasteiger partial charge is 0.274 e. The molecular weight excluding hydrogens is 384 g/mol. The molecule has 0 radical (unpaired) electrons. The van der Waals surface area contributed by atoms with Crippen molar-refractivity contribution < 1.29 is 14.3 Å². The largest absolute Gasteiger partial charge is 0.384 e. The molecule has 2 atom stereocenters. The molecule has 2 bridgehead atoms. The van der Waals surface area contributed by atoms with Crippen LogP contribution in [0.4, 0.5) is 5.69 Å². The molecule has 2 fully saturated rings. The van der Waals surface area contributed by atoms with E-state index in [1.54, 1.807) is 20.1 Å². The molecule has 0 spiro atoms. The number of nitrogens with zero attached hydrogens (tertiary/aromatic N) is 3. The number of hydrogen-bond acceptors (Lipinski definition) is 5. The second kappa shape index (κ2) is 8.89. The number of pyridine rings is 1. The molecule has 2 saturated heterocycles. The molecule has 8 nitrogen and oxygen atoms in total. The summed E-state index contributed by atoms with van der Waals surface area (Å²) in [4.78, 5) is 41.1. The molecule has 4 rings (SSSR count). The van der Waals surface area contributed by atoms with Crippen LogP contribution in [0.15, 0.2) is 16.9 Å². The molecule has 0 saturated carbocycles. The van der Waals surface area contributed by atoms with Crippen molar-refractivity contribution in [3.8, 4) is 0 Å². The second-order valence-electron chi connectivity index (χ2n) is 8.87. The number of hydrogen-bond donors (Lipinski definition) is 1. The summed E-state index contributed by atoms with van der Waals surface area (Å²) < 4.78 is 6.81. The van der Waals surface area contributed by atoms with Crippen LogP contribution >= 0.6 is 0 Å². The lowest BCUT2D eigenvalue weighted by Crippen LogP contribution is -2.53. The van der Waals surface area contributed by atoms with Crippen LogP contribution < -0.4 is 10.9 Å². The van der Waals surface area contributed by atoms with Gasteiger partial charge in [0.1, 0.15) is 5.69 Å². The highest BCUT2D eigenvalue weighted by Crippen LogP contribution is 2.37. The van der Waals surface area contributed by atoms with Crippen LogP contribution in [0.1, 0.15) is 44.2 Å². The van der Waals surface area contributed by atoms with Crippen LogP contribution in [0.3, 0.4) is 0 Å². The third-order valence-electron chi connectivity index (χ3n) is 6.87. The van der Waals surface area contributed by atoms with Gasteiger partial charge in [-0.25, -0.2) is 0 Å². The summed E-state index contributed by atoms with van der Waals surface area (Å²) in [5, 5.41) is 2.74. The van der Waals surface area contributed by atoms with E-state index < -0.39 is 0 Å². The Morgan fingerprint density at radius 3 is 2.63 bits per heavy atom. The lowest BCUT2D eigenvalue weighted by molar-refractivity contribution is -0.130. The molecule has 8 heteroatoms. The average molecular weight is 417 g/mol. The SMILES string of the molecule is COCCC(=O)Nc1ccc2n(c1=O)CC1CC2CN(C2CCN(C(C)=O)CC2)C1. The molecule has 4 heterocycles. The van der Waals surface area contributed by atoms with Gasteiger partial charge in [0.25, 0.3) is 5.56 Å². The molecule has 30 heavy (non-hydrogen) atoms. The van der Waals surface area contributed by atoms with E-state index in [9.17, 15) is 14.4 Å². The van der Waals surface area contributed by atoms with E-state index >= 15 is 0 Å². The van der Waals surface area contributed by atoms with Crippen LogP contribution in [-0.4, -0.2) is 72.1 Å². The van der Waals surface area contributed by atoms with Crippen molar-refractivity contribution in [3.63, 3.8) is 0 Å². The van der Waals surface area contributed by atoms with E-state index in [0.29, 0.717) is 36.7 Å². The molecule has 2 amide bonds. The highest BCUT2D eigenvalue weighted by molar-refractivity contribution is 5.90. The second-order valence-corrected chi connectivity index (χ2v) is 8.87. The van der Waals surface area contributed by atoms with Crippen molar-refractivity contribution in [1.82, 2.24) is 14.4 Å². The fourth-order valence-corrected chi connectivity index (χ4v) is 5.33. The highest BCUT2D eigenvalue weighted by atomic mass is 16.5. The Labute approximate surface area is 177 Å². The molecule has 1 N–H and O–H groups in total. The van der Waals surface area contributed by atoms with Crippen LogP contribution in [0, 0.1) is 5.92 Å². The number of nitrogens with one attached hydrogen (secondary N) is 1. The van der Waals surface area contributed by atoms with Crippen molar-refractivity contribution in [2.75, 3.05) is 45.2 Å². The van der Waals surface area contributed by atoms with Crippen molar-refractivity contribution >= 4 is 17.5 Å². The summed E-state index contributed by atoms with van der Waals surface area (Å²) in [6.07, 6.45) is 3.40. The maximum Gasteiger partial charge on any atom is 0.274 e. The van der Waals surface area contributed by atoms with Crippen LogP contribution in [0.2, 0.25) is 0 Å². The number of methoxy groups -OCH3 is 1. The van der Waals surface area contributed by atoms with Gasteiger partial charge in [-0.15, -0.1) is 0 Å². The number of piperidine rings is 2. The van der Waals surface area contributed by atoms with Crippen LogP contribution in [0.5, 0.6) is 0 Å². The van der Waals surface area contributed by atoms with Gasteiger partial charge in [-0.1, -0.05) is 0 Å². The zero-order chi connectivity index (χ0) is 21.3. The Morgan fingerprint density at radius 2 is 1.93 bits per heavy atom. The number of likely N-dealkylation sites (tertiary alicyclic amines) is 2. The van der Waals surface area contributed by atoms with E-state index in [1.165, 1.54) is 0 Å². The molecule has 0 aromatic carbocycles. The van der Waals surface area contributed by atoms with E-state index in [2.05, 4.69) is 10.2 Å². The Bertz CT molecular complexity index is 859. The minimum Gasteiger partial charge on any atom is -0.384 e. The first-order chi connectivity index (χ1) is 14.5. The van der Waals surface area contributed by atoms with Crippen LogP contribution in [0.25, 0.3) is 0 Å². The van der Waals surface area contributed by atoms with Crippen molar-refractivity contribution in [2.45, 2.75) is 51.1 Å². The molecule has 2 unspecified atom stereocenters. The summed E-state index contributed by atoms with van der Waals surface area (Å²) in [5.74, 6) is 0.754. The highest BCUT2D eigenvalue weighted by Gasteiger charge is 2.38. The summed E-state index contributed by atoms with van der Waals surface area (Å²) in [6, 6.07) is 4.28. The van der Waals surface area contributed by atoms with Gasteiger partial charge < -0.3 is 19.5 Å². The quantitative estimate of drug-likeness (QED) is 0.781. The summed E-state index contributed by atoms with van der Waals surface area (Å²) in [5.41, 5.74) is 1.33. The number of amides is 2. The number of aromatic nitrogens is 1. The van der Waals surface area contributed by atoms with Crippen molar-refractivity contribution in [3.05, 3.63) is 28.2 Å². The Morgan fingerprint density at radius 1 is 1.17 bits per heavy atom. The number of carbonyl (C=O) groups is 2. The standard InChI is InChI=1S/C22H32N4O4/c1-15(27)24-8-5-18(6-9-24)25-12-16-11-17(14-25)20-4-3-19(22(29)26(20)13-16)23-21(28)7-10-30-2/h3-4,16-18H,5-14H2,1-2H3,(H,23,28). The molecule has 1 aromatic rings. The minimum atomic E-state index is -0.200. The summed E-state index contributed by atoms with van der Waals surface area (Å²) >= 11 is 0. The topological polar surface area (TPSA) is 83.9 Å². The lowest BCUT2D eigenvalue weighted by Gasteiger charge is -2.47. The fourth-order valence-electron chi connectivity index (χ4n) is 5.33. The molecular formula is C22H32N4O4. The van der Waals surface area contributed by atoms with Crippen molar-refractivity contribution in [2.24, 2.45) is 5.92 Å². The van der Waals surface area contributed by atoms with E-state index in [1.807, 2.05) is 15.5 Å². The number of anilines is 1. The maximum atomic E-state index is 13.0. The number of rotatable bonds is 5. The first-order valence-corrected chi connectivity index (χ1v) is 11.0. The molecule has 3 aliphatic heterocycles. The van der Waals surface area contributed by atoms with Gasteiger partial charge in [-0.3, -0.25) is 19.3 Å². The first kappa shape index (κ1) is 21.1. The number of fused-ring (bicyclic) bond motifs is 4. The molecule has 0 aliphatic carbocycles. The van der Waals surface area contributed by atoms with Gasteiger partial charge in [0.05, 0.1) is 13.0 Å². The fraction of sp³-hybridized carbons (Fsp3) is 0.682. The van der Waals surface area contributed by atoms with E-state index in [4.69, 9.17) is 4.74 Å². The molecule has 1 aromatic heterocycles. The summed E-state index contributed by atoms with van der Waals surface area (Å²) in [7, 11) is 1.55. The Kier molecular flexibility index (Phi) is 6.24. The lowest BCUT2D eigenvalue weighted by atomic mass is 9.82. The van der Waals surface area contributed by atoms with Gasteiger partial charge >= 0.3 is 0 Å². The number of ether oxygens (including phenoxy) is 1. The third-order valence-corrected chi connectivity index (χ3v) is 6.87. The minimum absolute atomic E-state index is 0.101. The van der Waals surface area contributed by atoms with Gasteiger partial charge in [0.2, 0.25) is 11.8 Å². The van der Waals surface area contributed by atoms with Gasteiger partial charge in [-0.05, 0) is 37.3 Å². The monoisotopic (exact) mass is 416 g/mol. The zero-order valence-electron chi connectivity index (χ0n) is 17.9. The maximum absolute atomic E-state index is 13.0. The number of carbonyl (C=O) groups excluding carboxylic acids is 2. The average Bonchev–Trinajstić information content (AvgIpc) is 2.74. The van der Waals surface area contributed by atoms with Crippen molar-refractivity contribution in [1.29, 1.82) is 0 Å². The van der Waals surface area contributed by atoms with Gasteiger partial charge in [-0.2, -0.15) is 0 Å². The molecule has 164 valence electrons. The first-order valence-electron chi connectivity index (χ1n) is 11.0. The Hall–Kier alpha value is -2.19. The Balaban J connectivity index is 1.45. The van der Waals surface area contributed by atoms with E-state index in [0.717, 1.165) is 51.1 Å². The predicted molar refractivity (Wildman–Crippen MR) is 114 cm³/mol. The normalized spacial score (nSPS) is 24.4. The third kappa shape index (κ3) is 4.30. The van der Waals surface area contributed by atoms with Crippen LogP contribution in [-0.2, 0) is 20.9 Å². The summed E-state index contributed by atoms with van der Waals surface area (Å²) in [6.45, 7) is 6.33.